The van der Waals surface area contributed by atoms with Crippen LogP contribution in [0.2, 0.25) is 0 Å². The summed E-state index contributed by atoms with van der Waals surface area (Å²) in [5.74, 6) is -0.958. The van der Waals surface area contributed by atoms with Crippen molar-refractivity contribution >= 4 is 29.1 Å². The highest BCUT2D eigenvalue weighted by Crippen LogP contribution is 2.26. The molecule has 0 unspecified atom stereocenters. The summed E-state index contributed by atoms with van der Waals surface area (Å²) in [6, 6.07) is 5.69. The first-order valence-electron chi connectivity index (χ1n) is 11.8. The zero-order chi connectivity index (χ0) is 24.2. The van der Waals surface area contributed by atoms with Crippen molar-refractivity contribution in [3.8, 4) is 0 Å². The van der Waals surface area contributed by atoms with Crippen molar-refractivity contribution < 1.29 is 9.18 Å². The number of rotatable bonds is 8. The van der Waals surface area contributed by atoms with Gasteiger partial charge >= 0.3 is 0 Å². The summed E-state index contributed by atoms with van der Waals surface area (Å²) < 4.78 is 14.5. The number of carbonyl (C=O) groups excluding carboxylic acids is 1. The van der Waals surface area contributed by atoms with Crippen LogP contribution >= 0.6 is 0 Å². The monoisotopic (exact) mass is 464 g/mol. The van der Waals surface area contributed by atoms with Crippen molar-refractivity contribution in [1.82, 2.24) is 15.2 Å². The molecule has 0 spiro atoms. The molecule has 180 valence electrons. The fourth-order valence-corrected chi connectivity index (χ4v) is 4.33. The van der Waals surface area contributed by atoms with Crippen LogP contribution in [0, 0.1) is 18.2 Å². The van der Waals surface area contributed by atoms with Crippen molar-refractivity contribution in [3.05, 3.63) is 59.3 Å². The van der Waals surface area contributed by atoms with Gasteiger partial charge in [0.05, 0.1) is 29.3 Å². The Morgan fingerprint density at radius 2 is 1.88 bits per heavy atom. The number of piperidine rings is 1. The van der Waals surface area contributed by atoms with E-state index in [0.29, 0.717) is 22.7 Å². The van der Waals surface area contributed by atoms with Crippen molar-refractivity contribution in [2.45, 2.75) is 44.7 Å². The van der Waals surface area contributed by atoms with Gasteiger partial charge in [-0.1, -0.05) is 0 Å². The zero-order valence-corrected chi connectivity index (χ0v) is 20.1. The first-order chi connectivity index (χ1) is 16.4. The molecular formula is C26H33FN6O. The second-order valence-corrected chi connectivity index (χ2v) is 9.40. The molecule has 34 heavy (non-hydrogen) atoms. The molecular weight excluding hydrogens is 431 g/mol. The summed E-state index contributed by atoms with van der Waals surface area (Å²) in [6.07, 6.45) is 10.6. The molecule has 8 heteroatoms. The van der Waals surface area contributed by atoms with Gasteiger partial charge in [-0.2, -0.15) is 0 Å². The number of nitrogens with one attached hydrogen (secondary N) is 3. The van der Waals surface area contributed by atoms with E-state index in [9.17, 15) is 9.18 Å². The highest BCUT2D eigenvalue weighted by molar-refractivity contribution is 6.10. The number of halogens is 1. The van der Waals surface area contributed by atoms with Crippen LogP contribution in [-0.4, -0.2) is 61.3 Å². The van der Waals surface area contributed by atoms with Crippen LogP contribution in [0.15, 0.2) is 36.8 Å². The predicted octanol–water partition coefficient (Wildman–Crippen LogP) is 4.05. The molecule has 1 amide bonds. The van der Waals surface area contributed by atoms with Gasteiger partial charge in [0.1, 0.15) is 5.82 Å². The van der Waals surface area contributed by atoms with E-state index < -0.39 is 11.7 Å². The van der Waals surface area contributed by atoms with Gasteiger partial charge in [0.15, 0.2) is 0 Å². The highest BCUT2D eigenvalue weighted by Gasteiger charge is 2.26. The maximum Gasteiger partial charge on any atom is 0.254 e. The topological polar surface area (TPSA) is 84.3 Å². The van der Waals surface area contributed by atoms with Crippen molar-refractivity contribution in [2.75, 3.05) is 37.4 Å². The Hall–Kier alpha value is -3.26. The second kappa shape index (κ2) is 10.3. The largest absolute Gasteiger partial charge is 0.370 e. The Balaban J connectivity index is 1.50. The van der Waals surface area contributed by atoms with E-state index in [-0.39, 0.29) is 11.6 Å². The van der Waals surface area contributed by atoms with Crippen LogP contribution in [0.5, 0.6) is 0 Å². The number of aromatic nitrogens is 1. The Morgan fingerprint density at radius 1 is 1.15 bits per heavy atom. The lowest BCUT2D eigenvalue weighted by atomic mass is 9.98. The van der Waals surface area contributed by atoms with E-state index in [1.54, 1.807) is 19.3 Å². The minimum atomic E-state index is -0.549. The number of hydrogen-bond acceptors (Lipinski definition) is 6. The normalized spacial score (nSPS) is 17.1. The van der Waals surface area contributed by atoms with Gasteiger partial charge in [-0.05, 0) is 76.0 Å². The molecule has 7 nitrogen and oxygen atoms in total. The maximum absolute atomic E-state index is 14.5. The van der Waals surface area contributed by atoms with Gasteiger partial charge in [-0.25, -0.2) is 4.39 Å². The lowest BCUT2D eigenvalue weighted by Crippen LogP contribution is -2.42. The molecule has 0 radical (unpaired) electrons. The van der Waals surface area contributed by atoms with Gasteiger partial charge in [0, 0.05) is 43.2 Å². The lowest BCUT2D eigenvalue weighted by Gasteiger charge is -2.36. The van der Waals surface area contributed by atoms with Crippen LogP contribution in [0.4, 0.5) is 15.8 Å². The van der Waals surface area contributed by atoms with Crippen molar-refractivity contribution in [3.63, 3.8) is 0 Å². The van der Waals surface area contributed by atoms with Crippen LogP contribution in [-0.2, 0) is 0 Å². The molecule has 1 aromatic carbocycles. The molecule has 3 N–H and O–H groups in total. The Morgan fingerprint density at radius 3 is 2.53 bits per heavy atom. The molecule has 0 atom stereocenters. The molecule has 4 rings (SSSR count). The number of pyridine rings is 1. The van der Waals surface area contributed by atoms with Crippen LogP contribution < -0.4 is 15.5 Å². The summed E-state index contributed by atoms with van der Waals surface area (Å²) in [4.78, 5) is 21.5. The number of carbonyl (C=O) groups is 1. The third kappa shape index (κ3) is 5.62. The number of anilines is 2. The fourth-order valence-electron chi connectivity index (χ4n) is 4.33. The molecule has 2 heterocycles. The van der Waals surface area contributed by atoms with Crippen LogP contribution in [0.25, 0.3) is 5.57 Å². The number of benzene rings is 1. The Labute approximate surface area is 200 Å². The quantitative estimate of drug-likeness (QED) is 0.513. The Kier molecular flexibility index (Phi) is 7.26. The summed E-state index contributed by atoms with van der Waals surface area (Å²) in [5.41, 5.74) is 3.72. The van der Waals surface area contributed by atoms with Crippen molar-refractivity contribution in [1.29, 1.82) is 5.41 Å². The average molecular weight is 465 g/mol. The van der Waals surface area contributed by atoms with E-state index in [0.717, 1.165) is 50.1 Å². The second-order valence-electron chi connectivity index (χ2n) is 9.40. The summed E-state index contributed by atoms with van der Waals surface area (Å²) in [7, 11) is 4.26. The molecule has 1 saturated heterocycles. The number of allylic oxidation sites excluding steroid dienone is 1. The number of nitrogens with zero attached hydrogens (tertiary/aromatic N) is 3. The molecule has 1 aliphatic heterocycles. The molecule has 0 bridgehead atoms. The third-order valence-electron chi connectivity index (χ3n) is 6.62. The van der Waals surface area contributed by atoms with Crippen LogP contribution in [0.3, 0.4) is 0 Å². The maximum atomic E-state index is 14.5. The van der Waals surface area contributed by atoms with Gasteiger partial charge < -0.3 is 25.8 Å². The zero-order valence-electron chi connectivity index (χ0n) is 20.1. The fraction of sp³-hybridized carbons (Fsp3) is 0.423. The number of aryl methyl sites for hydroxylation is 1. The van der Waals surface area contributed by atoms with Gasteiger partial charge in [0.25, 0.3) is 5.91 Å². The van der Waals surface area contributed by atoms with E-state index in [2.05, 4.69) is 39.5 Å². The van der Waals surface area contributed by atoms with E-state index in [1.807, 2.05) is 12.3 Å². The van der Waals surface area contributed by atoms with Gasteiger partial charge in [-0.15, -0.1) is 0 Å². The van der Waals surface area contributed by atoms with Crippen molar-refractivity contribution in [2.24, 2.45) is 0 Å². The third-order valence-corrected chi connectivity index (χ3v) is 6.62. The summed E-state index contributed by atoms with van der Waals surface area (Å²) >= 11 is 0. The first-order valence-corrected chi connectivity index (χ1v) is 11.8. The first kappa shape index (κ1) is 23.9. The highest BCUT2D eigenvalue weighted by atomic mass is 19.1. The standard InChI is InChI=1S/C26H33FN6O/c1-17-10-25(27)24(26(34)31-19-4-5-19)12-23(17)18(13-28)14-30-20-11-22(16-29-15-20)33-8-6-21(7-9-33)32(2)3/h10-16,19,21,28,30H,4-9H2,1-3H3,(H,31,34)/b18-14+,28-13?. The predicted molar refractivity (Wildman–Crippen MR) is 135 cm³/mol. The Bertz CT molecular complexity index is 1090. The van der Waals surface area contributed by atoms with E-state index in [4.69, 9.17) is 5.41 Å². The van der Waals surface area contributed by atoms with Gasteiger partial charge in [-0.3, -0.25) is 9.78 Å². The minimum Gasteiger partial charge on any atom is -0.370 e. The van der Waals surface area contributed by atoms with E-state index >= 15 is 0 Å². The summed E-state index contributed by atoms with van der Waals surface area (Å²) in [6.45, 7) is 3.74. The minimum absolute atomic E-state index is 0.00467. The lowest BCUT2D eigenvalue weighted by molar-refractivity contribution is 0.0947. The molecule has 1 aromatic heterocycles. The SMILES string of the molecule is Cc1cc(F)c(C(=O)NC2CC2)cc1/C(C=N)=C/Nc1cncc(N2CCC(N(C)C)CC2)c1. The number of hydrogen-bond donors (Lipinski definition) is 3. The molecule has 2 fully saturated rings. The molecule has 1 saturated carbocycles. The van der Waals surface area contributed by atoms with Gasteiger partial charge in [0.2, 0.25) is 0 Å². The number of amides is 1. The molecule has 1 aliphatic carbocycles. The smallest absolute Gasteiger partial charge is 0.254 e. The average Bonchev–Trinajstić information content (AvgIpc) is 3.64. The summed E-state index contributed by atoms with van der Waals surface area (Å²) in [5, 5.41) is 14.0. The van der Waals surface area contributed by atoms with Crippen LogP contribution in [0.1, 0.15) is 47.2 Å². The van der Waals surface area contributed by atoms with E-state index in [1.165, 1.54) is 18.3 Å². The molecule has 2 aliphatic rings. The molecule has 2 aromatic rings.